The van der Waals surface area contributed by atoms with Crippen molar-refractivity contribution in [3.8, 4) is 23.0 Å². The van der Waals surface area contributed by atoms with Crippen LogP contribution in [0.4, 0.5) is 0 Å². The Morgan fingerprint density at radius 3 is 2.30 bits per heavy atom. The molecule has 3 aromatic rings. The van der Waals surface area contributed by atoms with E-state index in [0.29, 0.717) is 28.9 Å². The zero-order chi connectivity index (χ0) is 19.2. The van der Waals surface area contributed by atoms with Crippen molar-refractivity contribution < 1.29 is 18.9 Å². The molecule has 3 rings (SSSR count). The topological polar surface area (TPSA) is 105 Å². The van der Waals surface area contributed by atoms with Gasteiger partial charge in [-0.1, -0.05) is 6.07 Å². The van der Waals surface area contributed by atoms with Crippen molar-refractivity contribution in [3.05, 3.63) is 59.7 Å². The summed E-state index contributed by atoms with van der Waals surface area (Å²) in [5.41, 5.74) is 7.10. The quantitative estimate of drug-likeness (QED) is 0.627. The molecule has 8 nitrogen and oxygen atoms in total. The molecular weight excluding hydrogens is 348 g/mol. The number of nitrogens with one attached hydrogen (secondary N) is 1. The Morgan fingerprint density at radius 1 is 0.926 bits per heavy atom. The normalized spacial score (nSPS) is 11.7. The van der Waals surface area contributed by atoms with Crippen LogP contribution in [0, 0.1) is 0 Å². The average molecular weight is 370 g/mol. The van der Waals surface area contributed by atoms with Crippen LogP contribution in [-0.4, -0.2) is 36.5 Å². The van der Waals surface area contributed by atoms with Crippen LogP contribution in [0.3, 0.4) is 0 Å². The number of nitrogens with two attached hydrogens (primary N) is 1. The van der Waals surface area contributed by atoms with Crippen molar-refractivity contribution in [3.63, 3.8) is 0 Å². The summed E-state index contributed by atoms with van der Waals surface area (Å²) in [5, 5.41) is 7.05. The van der Waals surface area contributed by atoms with Crippen molar-refractivity contribution >= 4 is 0 Å². The van der Waals surface area contributed by atoms with E-state index in [-0.39, 0.29) is 6.61 Å². The van der Waals surface area contributed by atoms with Gasteiger partial charge >= 0.3 is 0 Å². The van der Waals surface area contributed by atoms with Gasteiger partial charge in [0.15, 0.2) is 23.1 Å². The summed E-state index contributed by atoms with van der Waals surface area (Å²) in [6.07, 6.45) is 0. The molecule has 0 radical (unpaired) electrons. The molecular formula is C19H22N4O4. The van der Waals surface area contributed by atoms with Gasteiger partial charge in [-0.2, -0.15) is 5.10 Å². The summed E-state index contributed by atoms with van der Waals surface area (Å²) in [5.74, 6) is 3.76. The minimum Gasteiger partial charge on any atom is -0.497 e. The van der Waals surface area contributed by atoms with Gasteiger partial charge in [0, 0.05) is 0 Å². The third-order valence-electron chi connectivity index (χ3n) is 4.03. The summed E-state index contributed by atoms with van der Waals surface area (Å²) in [4.78, 5) is 4.42. The van der Waals surface area contributed by atoms with E-state index in [0.717, 1.165) is 11.3 Å². The monoisotopic (exact) mass is 370 g/mol. The first-order valence-corrected chi connectivity index (χ1v) is 8.30. The van der Waals surface area contributed by atoms with Crippen LogP contribution in [0.2, 0.25) is 0 Å². The van der Waals surface area contributed by atoms with E-state index in [2.05, 4.69) is 15.2 Å². The number of aromatic nitrogens is 3. The van der Waals surface area contributed by atoms with E-state index in [1.54, 1.807) is 27.4 Å². The standard InChI is InChI=1S/C19H22N4O4/c1-24-13-5-7-14(8-6-13)27-11-17-21-19(23-22-17)18(20)12-4-9-15(25-2)16(10-12)26-3/h4-10,18H,11,20H2,1-3H3,(H,21,22,23)/t18-/m0/s1. The Morgan fingerprint density at radius 2 is 1.63 bits per heavy atom. The number of nitrogens with zero attached hydrogens (tertiary/aromatic N) is 2. The molecule has 3 N–H and O–H groups in total. The summed E-state index contributed by atoms with van der Waals surface area (Å²) in [6, 6.07) is 12.3. The molecule has 1 heterocycles. The number of aromatic amines is 1. The number of H-pyrrole nitrogens is 1. The fourth-order valence-electron chi connectivity index (χ4n) is 2.53. The van der Waals surface area contributed by atoms with E-state index in [1.807, 2.05) is 36.4 Å². The second kappa shape index (κ2) is 8.41. The lowest BCUT2D eigenvalue weighted by atomic mass is 10.1. The molecule has 0 aliphatic rings. The molecule has 0 aliphatic carbocycles. The van der Waals surface area contributed by atoms with Crippen LogP contribution >= 0.6 is 0 Å². The number of methoxy groups -OCH3 is 3. The highest BCUT2D eigenvalue weighted by Gasteiger charge is 2.17. The van der Waals surface area contributed by atoms with Gasteiger partial charge in [-0.25, -0.2) is 4.98 Å². The predicted octanol–water partition coefficient (Wildman–Crippen LogP) is 2.46. The highest BCUT2D eigenvalue weighted by molar-refractivity contribution is 5.44. The van der Waals surface area contributed by atoms with Crippen LogP contribution < -0.4 is 24.7 Å². The van der Waals surface area contributed by atoms with Crippen LogP contribution in [0.1, 0.15) is 23.3 Å². The fourth-order valence-corrected chi connectivity index (χ4v) is 2.53. The smallest absolute Gasteiger partial charge is 0.172 e. The molecule has 0 fully saturated rings. The second-order valence-corrected chi connectivity index (χ2v) is 5.70. The zero-order valence-electron chi connectivity index (χ0n) is 15.4. The van der Waals surface area contributed by atoms with Gasteiger partial charge in [-0.3, -0.25) is 5.10 Å². The van der Waals surface area contributed by atoms with Crippen molar-refractivity contribution in [1.82, 2.24) is 15.2 Å². The predicted molar refractivity (Wildman–Crippen MR) is 99.3 cm³/mol. The molecule has 27 heavy (non-hydrogen) atoms. The zero-order valence-corrected chi connectivity index (χ0v) is 15.4. The number of hydrogen-bond donors (Lipinski definition) is 2. The number of hydrogen-bond acceptors (Lipinski definition) is 7. The Bertz CT molecular complexity index is 880. The Labute approximate surface area is 157 Å². The first-order valence-electron chi connectivity index (χ1n) is 8.30. The molecule has 0 saturated heterocycles. The van der Waals surface area contributed by atoms with E-state index < -0.39 is 6.04 Å². The van der Waals surface area contributed by atoms with E-state index in [1.165, 1.54) is 0 Å². The van der Waals surface area contributed by atoms with Crippen LogP contribution in [0.25, 0.3) is 0 Å². The van der Waals surface area contributed by atoms with Crippen molar-refractivity contribution in [2.75, 3.05) is 21.3 Å². The molecule has 142 valence electrons. The molecule has 0 bridgehead atoms. The maximum atomic E-state index is 6.29. The van der Waals surface area contributed by atoms with Gasteiger partial charge in [0.2, 0.25) is 0 Å². The van der Waals surface area contributed by atoms with Crippen LogP contribution in [-0.2, 0) is 6.61 Å². The number of ether oxygens (including phenoxy) is 4. The molecule has 2 aromatic carbocycles. The van der Waals surface area contributed by atoms with Gasteiger partial charge < -0.3 is 24.7 Å². The first kappa shape index (κ1) is 18.5. The third-order valence-corrected chi connectivity index (χ3v) is 4.03. The van der Waals surface area contributed by atoms with E-state index in [9.17, 15) is 0 Å². The third kappa shape index (κ3) is 4.29. The highest BCUT2D eigenvalue weighted by Crippen LogP contribution is 2.30. The minimum atomic E-state index is -0.504. The maximum Gasteiger partial charge on any atom is 0.172 e. The van der Waals surface area contributed by atoms with E-state index >= 15 is 0 Å². The van der Waals surface area contributed by atoms with Gasteiger partial charge in [-0.05, 0) is 42.0 Å². The minimum absolute atomic E-state index is 0.248. The van der Waals surface area contributed by atoms with Crippen molar-refractivity contribution in [2.45, 2.75) is 12.6 Å². The first-order chi connectivity index (χ1) is 13.1. The van der Waals surface area contributed by atoms with Crippen molar-refractivity contribution in [2.24, 2.45) is 5.73 Å². The molecule has 0 spiro atoms. The Balaban J connectivity index is 1.67. The van der Waals surface area contributed by atoms with Crippen molar-refractivity contribution in [1.29, 1.82) is 0 Å². The Hall–Kier alpha value is -3.26. The van der Waals surface area contributed by atoms with Gasteiger partial charge in [0.25, 0.3) is 0 Å². The molecule has 1 atom stereocenters. The highest BCUT2D eigenvalue weighted by atomic mass is 16.5. The van der Waals surface area contributed by atoms with Gasteiger partial charge in [0.1, 0.15) is 18.1 Å². The van der Waals surface area contributed by atoms with Gasteiger partial charge in [0.05, 0.1) is 27.4 Å². The largest absolute Gasteiger partial charge is 0.497 e. The summed E-state index contributed by atoms with van der Waals surface area (Å²) >= 11 is 0. The van der Waals surface area contributed by atoms with Crippen LogP contribution in [0.15, 0.2) is 42.5 Å². The lowest BCUT2D eigenvalue weighted by molar-refractivity contribution is 0.295. The SMILES string of the molecule is COc1ccc(OCc2nc([C@@H](N)c3ccc(OC)c(OC)c3)n[nH]2)cc1. The summed E-state index contributed by atoms with van der Waals surface area (Å²) in [7, 11) is 4.78. The van der Waals surface area contributed by atoms with E-state index in [4.69, 9.17) is 24.7 Å². The fraction of sp³-hybridized carbons (Fsp3) is 0.263. The summed E-state index contributed by atoms with van der Waals surface area (Å²) < 4.78 is 21.4. The molecule has 0 unspecified atom stereocenters. The molecule has 1 aromatic heterocycles. The average Bonchev–Trinajstić information content (AvgIpc) is 3.20. The van der Waals surface area contributed by atoms with Crippen LogP contribution in [0.5, 0.6) is 23.0 Å². The molecule has 8 heteroatoms. The van der Waals surface area contributed by atoms with Gasteiger partial charge in [-0.15, -0.1) is 0 Å². The Kier molecular flexibility index (Phi) is 5.77. The number of rotatable bonds is 8. The lowest BCUT2D eigenvalue weighted by Gasteiger charge is -2.12. The molecule has 0 aliphatic heterocycles. The molecule has 0 saturated carbocycles. The summed E-state index contributed by atoms with van der Waals surface area (Å²) in [6.45, 7) is 0.248. The maximum absolute atomic E-state index is 6.29. The molecule has 0 amide bonds. The second-order valence-electron chi connectivity index (χ2n) is 5.70. The lowest BCUT2D eigenvalue weighted by Crippen LogP contribution is -2.14. The number of benzene rings is 2.